The number of halogens is 2. The van der Waals surface area contributed by atoms with Crippen LogP contribution < -0.4 is 0 Å². The van der Waals surface area contributed by atoms with Gasteiger partial charge < -0.3 is 4.90 Å². The monoisotopic (exact) mass is 562 g/mol. The number of hydrogen-bond acceptors (Lipinski definition) is 2. The van der Waals surface area contributed by atoms with Gasteiger partial charge in [-0.25, -0.2) is 8.78 Å². The molecule has 5 heteroatoms. The molecule has 1 amide bonds. The normalized spacial score (nSPS) is 17.2. The van der Waals surface area contributed by atoms with E-state index in [1.165, 1.54) is 41.0 Å². The van der Waals surface area contributed by atoms with Gasteiger partial charge in [-0.3, -0.25) is 9.69 Å². The number of carbonyl (C=O) groups is 1. The third-order valence-electron chi connectivity index (χ3n) is 8.92. The van der Waals surface area contributed by atoms with Crippen LogP contribution in [-0.4, -0.2) is 48.4 Å². The zero-order chi connectivity index (χ0) is 28.9. The standard InChI is InChI=1S/C37H36F2N2O/c38-33-16-12-28(13-17-33)36(29-14-18-34(39)19-15-29)30-20-24-41(25-21-30)35(42)26-40-23-7-22-37(27-40,31-8-3-1-4-9-31)32-10-5-2-6-11-32/h1-6,8-19H,7,20-27H2. The van der Waals surface area contributed by atoms with Crippen LogP contribution in [0.1, 0.15) is 47.9 Å². The molecular weight excluding hydrogens is 526 g/mol. The second-order valence-electron chi connectivity index (χ2n) is 11.5. The van der Waals surface area contributed by atoms with Gasteiger partial charge in [0.05, 0.1) is 6.54 Å². The minimum Gasteiger partial charge on any atom is -0.341 e. The first kappa shape index (κ1) is 28.0. The maximum atomic E-state index is 13.7. The van der Waals surface area contributed by atoms with Crippen molar-refractivity contribution in [2.45, 2.75) is 31.1 Å². The Morgan fingerprint density at radius 2 is 1.17 bits per heavy atom. The smallest absolute Gasteiger partial charge is 0.236 e. The predicted molar refractivity (Wildman–Crippen MR) is 164 cm³/mol. The van der Waals surface area contributed by atoms with E-state index in [0.29, 0.717) is 19.6 Å². The van der Waals surface area contributed by atoms with Crippen LogP contribution in [0.4, 0.5) is 8.78 Å². The first-order valence-electron chi connectivity index (χ1n) is 14.9. The number of rotatable bonds is 6. The van der Waals surface area contributed by atoms with Crippen LogP contribution in [0, 0.1) is 11.6 Å². The van der Waals surface area contributed by atoms with Gasteiger partial charge in [-0.15, -0.1) is 0 Å². The summed E-state index contributed by atoms with van der Waals surface area (Å²) in [4.78, 5) is 17.9. The van der Waals surface area contributed by atoms with Crippen molar-refractivity contribution in [3.8, 4) is 0 Å². The molecule has 0 spiro atoms. The van der Waals surface area contributed by atoms with Crippen LogP contribution in [0.25, 0.3) is 5.57 Å². The molecule has 2 aliphatic rings. The van der Waals surface area contributed by atoms with Crippen molar-refractivity contribution in [3.63, 3.8) is 0 Å². The lowest BCUT2D eigenvalue weighted by atomic mass is 9.69. The van der Waals surface area contributed by atoms with E-state index in [1.807, 2.05) is 4.90 Å². The van der Waals surface area contributed by atoms with Crippen molar-refractivity contribution in [1.82, 2.24) is 9.80 Å². The van der Waals surface area contributed by atoms with E-state index in [1.54, 1.807) is 24.3 Å². The molecular formula is C37H36F2N2O. The minimum atomic E-state index is -0.288. The molecule has 0 aliphatic carbocycles. The molecule has 0 saturated carbocycles. The van der Waals surface area contributed by atoms with Crippen molar-refractivity contribution in [2.24, 2.45) is 0 Å². The van der Waals surface area contributed by atoms with E-state index in [0.717, 1.165) is 55.5 Å². The Bertz CT molecular complexity index is 1440. The first-order chi connectivity index (χ1) is 20.5. The van der Waals surface area contributed by atoms with Crippen molar-refractivity contribution >= 4 is 11.5 Å². The Balaban J connectivity index is 1.18. The van der Waals surface area contributed by atoms with Gasteiger partial charge in [-0.1, -0.05) is 90.5 Å². The Kier molecular flexibility index (Phi) is 8.29. The van der Waals surface area contributed by atoms with Crippen LogP contribution in [-0.2, 0) is 10.2 Å². The van der Waals surface area contributed by atoms with E-state index < -0.39 is 0 Å². The van der Waals surface area contributed by atoms with Crippen molar-refractivity contribution in [3.05, 3.63) is 149 Å². The minimum absolute atomic E-state index is 0.141. The number of hydrogen-bond donors (Lipinski definition) is 0. The Morgan fingerprint density at radius 1 is 0.667 bits per heavy atom. The maximum Gasteiger partial charge on any atom is 0.236 e. The van der Waals surface area contributed by atoms with Gasteiger partial charge in [0.15, 0.2) is 0 Å². The molecule has 0 aromatic heterocycles. The molecule has 214 valence electrons. The van der Waals surface area contributed by atoms with Crippen LogP contribution in [0.5, 0.6) is 0 Å². The summed E-state index contributed by atoms with van der Waals surface area (Å²) < 4.78 is 27.4. The second-order valence-corrected chi connectivity index (χ2v) is 11.5. The van der Waals surface area contributed by atoms with Crippen molar-refractivity contribution < 1.29 is 13.6 Å². The third-order valence-corrected chi connectivity index (χ3v) is 8.92. The fourth-order valence-electron chi connectivity index (χ4n) is 6.81. The number of piperidine rings is 2. The van der Waals surface area contributed by atoms with E-state index >= 15 is 0 Å². The fourth-order valence-corrected chi connectivity index (χ4v) is 6.81. The van der Waals surface area contributed by atoms with Gasteiger partial charge in [0.25, 0.3) is 0 Å². The highest BCUT2D eigenvalue weighted by atomic mass is 19.1. The lowest BCUT2D eigenvalue weighted by Crippen LogP contribution is -2.51. The highest BCUT2D eigenvalue weighted by molar-refractivity contribution is 5.83. The molecule has 4 aromatic rings. The lowest BCUT2D eigenvalue weighted by Gasteiger charge is -2.44. The van der Waals surface area contributed by atoms with Gasteiger partial charge in [0.1, 0.15) is 11.6 Å². The number of benzene rings is 4. The van der Waals surface area contributed by atoms with Crippen LogP contribution in [0.15, 0.2) is 115 Å². The lowest BCUT2D eigenvalue weighted by molar-refractivity contribution is -0.133. The van der Waals surface area contributed by atoms with Crippen LogP contribution in [0.3, 0.4) is 0 Å². The largest absolute Gasteiger partial charge is 0.341 e. The molecule has 2 saturated heterocycles. The summed E-state index contributed by atoms with van der Waals surface area (Å²) in [6.07, 6.45) is 3.55. The van der Waals surface area contributed by atoms with Gasteiger partial charge in [0, 0.05) is 25.0 Å². The number of likely N-dealkylation sites (tertiary alicyclic amines) is 2. The molecule has 4 aromatic carbocycles. The highest BCUT2D eigenvalue weighted by Crippen LogP contribution is 2.40. The number of carbonyl (C=O) groups excluding carboxylic acids is 1. The molecule has 0 bridgehead atoms. The van der Waals surface area contributed by atoms with Gasteiger partial charge in [0.2, 0.25) is 5.91 Å². The summed E-state index contributed by atoms with van der Waals surface area (Å²) >= 11 is 0. The van der Waals surface area contributed by atoms with Crippen molar-refractivity contribution in [1.29, 1.82) is 0 Å². The molecule has 3 nitrogen and oxygen atoms in total. The van der Waals surface area contributed by atoms with E-state index in [9.17, 15) is 13.6 Å². The zero-order valence-electron chi connectivity index (χ0n) is 23.8. The summed E-state index contributed by atoms with van der Waals surface area (Å²) in [5.41, 5.74) is 6.49. The van der Waals surface area contributed by atoms with Gasteiger partial charge in [-0.05, 0) is 84.3 Å². The molecule has 2 fully saturated rings. The molecule has 0 unspecified atom stereocenters. The van der Waals surface area contributed by atoms with E-state index in [-0.39, 0.29) is 23.0 Å². The summed E-state index contributed by atoms with van der Waals surface area (Å²) in [6, 6.07) is 34.4. The summed E-state index contributed by atoms with van der Waals surface area (Å²) in [7, 11) is 0. The topological polar surface area (TPSA) is 23.6 Å². The summed E-state index contributed by atoms with van der Waals surface area (Å²) in [5, 5.41) is 0. The highest BCUT2D eigenvalue weighted by Gasteiger charge is 2.39. The first-order valence-corrected chi connectivity index (χ1v) is 14.9. The van der Waals surface area contributed by atoms with Gasteiger partial charge in [-0.2, -0.15) is 0 Å². The van der Waals surface area contributed by atoms with Crippen LogP contribution in [0.2, 0.25) is 0 Å². The van der Waals surface area contributed by atoms with E-state index in [4.69, 9.17) is 0 Å². The average molecular weight is 563 g/mol. The number of nitrogens with zero attached hydrogens (tertiary/aromatic N) is 2. The molecule has 0 N–H and O–H groups in total. The third kappa shape index (κ3) is 5.93. The quantitative estimate of drug-likeness (QED) is 0.243. The summed E-state index contributed by atoms with van der Waals surface area (Å²) in [5.74, 6) is -0.413. The zero-order valence-corrected chi connectivity index (χ0v) is 23.8. The molecule has 0 atom stereocenters. The fraction of sp³-hybridized carbons (Fsp3) is 0.270. The predicted octanol–water partition coefficient (Wildman–Crippen LogP) is 7.47. The SMILES string of the molecule is O=C(CN1CCCC(c2ccccc2)(c2ccccc2)C1)N1CCC(=C(c2ccc(F)cc2)c2ccc(F)cc2)CC1. The molecule has 6 rings (SSSR count). The Labute approximate surface area is 247 Å². The Hall–Kier alpha value is -4.09. The van der Waals surface area contributed by atoms with E-state index in [2.05, 4.69) is 65.6 Å². The maximum absolute atomic E-state index is 13.7. The second kappa shape index (κ2) is 12.4. The number of amides is 1. The molecule has 42 heavy (non-hydrogen) atoms. The van der Waals surface area contributed by atoms with Gasteiger partial charge >= 0.3 is 0 Å². The van der Waals surface area contributed by atoms with Crippen LogP contribution >= 0.6 is 0 Å². The summed E-state index contributed by atoms with van der Waals surface area (Å²) in [6.45, 7) is 3.40. The Morgan fingerprint density at radius 3 is 1.67 bits per heavy atom. The molecule has 2 aliphatic heterocycles. The molecule has 2 heterocycles. The molecule has 0 radical (unpaired) electrons. The van der Waals surface area contributed by atoms with Crippen molar-refractivity contribution in [2.75, 3.05) is 32.7 Å². The average Bonchev–Trinajstić information content (AvgIpc) is 3.04.